The summed E-state index contributed by atoms with van der Waals surface area (Å²) in [7, 11) is 4.07. The summed E-state index contributed by atoms with van der Waals surface area (Å²) in [6.45, 7) is 2.70. The SMILES string of the molecule is CN(C)C[C@@H]1CNC[C@@H]1O. The lowest BCUT2D eigenvalue weighted by atomic mass is 10.1. The molecule has 1 saturated heterocycles. The summed E-state index contributed by atoms with van der Waals surface area (Å²) in [6.07, 6.45) is -0.137. The molecule has 0 radical (unpaired) electrons. The van der Waals surface area contributed by atoms with Crippen molar-refractivity contribution in [1.29, 1.82) is 0 Å². The molecule has 0 bridgehead atoms. The standard InChI is InChI=1S/C7H16N2O/c1-9(2)5-6-3-8-4-7(6)10/h6-8,10H,3-5H2,1-2H3/t6-,7-/m0/s1. The quantitative estimate of drug-likeness (QED) is 0.529. The molecule has 1 aliphatic heterocycles. The fourth-order valence-corrected chi connectivity index (χ4v) is 1.37. The third-order valence-corrected chi connectivity index (χ3v) is 1.90. The van der Waals surface area contributed by atoms with Crippen LogP contribution in [0.15, 0.2) is 0 Å². The van der Waals surface area contributed by atoms with E-state index in [1.165, 1.54) is 0 Å². The van der Waals surface area contributed by atoms with E-state index < -0.39 is 0 Å². The molecule has 60 valence electrons. The molecule has 2 N–H and O–H groups in total. The highest BCUT2D eigenvalue weighted by atomic mass is 16.3. The van der Waals surface area contributed by atoms with E-state index in [0.717, 1.165) is 19.6 Å². The number of rotatable bonds is 2. The highest BCUT2D eigenvalue weighted by Gasteiger charge is 2.24. The van der Waals surface area contributed by atoms with Crippen molar-refractivity contribution in [3.8, 4) is 0 Å². The Morgan fingerprint density at radius 1 is 1.50 bits per heavy atom. The van der Waals surface area contributed by atoms with Crippen molar-refractivity contribution < 1.29 is 5.11 Å². The maximum Gasteiger partial charge on any atom is 0.0717 e. The Morgan fingerprint density at radius 2 is 2.20 bits per heavy atom. The zero-order valence-electron chi connectivity index (χ0n) is 6.67. The Bertz CT molecular complexity index is 106. The van der Waals surface area contributed by atoms with Crippen molar-refractivity contribution in [3.63, 3.8) is 0 Å². The predicted octanol–water partition coefficient (Wildman–Crippen LogP) is -0.872. The summed E-state index contributed by atoms with van der Waals surface area (Å²) in [4.78, 5) is 2.11. The highest BCUT2D eigenvalue weighted by Crippen LogP contribution is 2.08. The van der Waals surface area contributed by atoms with Gasteiger partial charge in [0.2, 0.25) is 0 Å². The van der Waals surface area contributed by atoms with Crippen LogP contribution in [0.2, 0.25) is 0 Å². The molecule has 3 heteroatoms. The molecule has 0 amide bonds. The van der Waals surface area contributed by atoms with Gasteiger partial charge in [-0.1, -0.05) is 0 Å². The third kappa shape index (κ3) is 1.94. The van der Waals surface area contributed by atoms with Crippen LogP contribution >= 0.6 is 0 Å². The van der Waals surface area contributed by atoms with Crippen LogP contribution in [0.25, 0.3) is 0 Å². The van der Waals surface area contributed by atoms with E-state index in [9.17, 15) is 5.11 Å². The molecule has 0 aliphatic carbocycles. The van der Waals surface area contributed by atoms with Gasteiger partial charge in [-0.2, -0.15) is 0 Å². The minimum atomic E-state index is -0.137. The normalized spacial score (nSPS) is 33.6. The molecule has 1 heterocycles. The largest absolute Gasteiger partial charge is 0.391 e. The molecule has 1 rings (SSSR count). The Labute approximate surface area is 62.0 Å². The number of aliphatic hydroxyl groups excluding tert-OH is 1. The molecule has 0 unspecified atom stereocenters. The summed E-state index contributed by atoms with van der Waals surface area (Å²) in [6, 6.07) is 0. The lowest BCUT2D eigenvalue weighted by Crippen LogP contribution is -2.29. The molecule has 1 fully saturated rings. The van der Waals surface area contributed by atoms with E-state index in [1.807, 2.05) is 14.1 Å². The van der Waals surface area contributed by atoms with Gasteiger partial charge in [0, 0.05) is 25.6 Å². The molecule has 0 aromatic rings. The fourth-order valence-electron chi connectivity index (χ4n) is 1.37. The van der Waals surface area contributed by atoms with Crippen LogP contribution in [0.3, 0.4) is 0 Å². The third-order valence-electron chi connectivity index (χ3n) is 1.90. The second kappa shape index (κ2) is 3.32. The molecule has 0 aromatic carbocycles. The van der Waals surface area contributed by atoms with Gasteiger partial charge >= 0.3 is 0 Å². The van der Waals surface area contributed by atoms with Crippen LogP contribution < -0.4 is 5.32 Å². The van der Waals surface area contributed by atoms with Crippen molar-refractivity contribution in [1.82, 2.24) is 10.2 Å². The number of nitrogens with one attached hydrogen (secondary N) is 1. The summed E-state index contributed by atoms with van der Waals surface area (Å²) in [5, 5.41) is 12.5. The van der Waals surface area contributed by atoms with E-state index in [2.05, 4.69) is 10.2 Å². The number of β-amino-alcohol motifs (C(OH)–C–C–N with tert-alkyl or cyclic N) is 1. The van der Waals surface area contributed by atoms with Gasteiger partial charge in [-0.25, -0.2) is 0 Å². The van der Waals surface area contributed by atoms with Gasteiger partial charge in [0.05, 0.1) is 6.10 Å². The molecule has 2 atom stereocenters. The van der Waals surface area contributed by atoms with Gasteiger partial charge in [-0.05, 0) is 14.1 Å². The van der Waals surface area contributed by atoms with Crippen LogP contribution in [0.4, 0.5) is 0 Å². The maximum atomic E-state index is 9.35. The molecule has 0 aromatic heterocycles. The van der Waals surface area contributed by atoms with E-state index >= 15 is 0 Å². The second-order valence-electron chi connectivity index (χ2n) is 3.25. The molecular weight excluding hydrogens is 128 g/mol. The van der Waals surface area contributed by atoms with Crippen LogP contribution in [0.5, 0.6) is 0 Å². The molecule has 0 spiro atoms. The minimum absolute atomic E-state index is 0.137. The Balaban J connectivity index is 2.26. The van der Waals surface area contributed by atoms with Gasteiger partial charge in [0.15, 0.2) is 0 Å². The Hall–Kier alpha value is -0.120. The smallest absolute Gasteiger partial charge is 0.0717 e. The van der Waals surface area contributed by atoms with Crippen molar-refractivity contribution in [3.05, 3.63) is 0 Å². The van der Waals surface area contributed by atoms with Gasteiger partial charge in [-0.15, -0.1) is 0 Å². The predicted molar refractivity (Wildman–Crippen MR) is 40.9 cm³/mol. The zero-order valence-corrected chi connectivity index (χ0v) is 6.67. The van der Waals surface area contributed by atoms with Crippen LogP contribution in [-0.2, 0) is 0 Å². The highest BCUT2D eigenvalue weighted by molar-refractivity contribution is 4.81. The first-order valence-electron chi connectivity index (χ1n) is 3.73. The topological polar surface area (TPSA) is 35.5 Å². The molecule has 3 nitrogen and oxygen atoms in total. The van der Waals surface area contributed by atoms with Crippen LogP contribution in [0, 0.1) is 5.92 Å². The number of nitrogens with zero attached hydrogens (tertiary/aromatic N) is 1. The maximum absolute atomic E-state index is 9.35. The average Bonchev–Trinajstić information content (AvgIpc) is 2.15. The van der Waals surface area contributed by atoms with Crippen LogP contribution in [-0.4, -0.2) is 49.8 Å². The molecule has 0 saturated carbocycles. The number of aliphatic hydroxyl groups is 1. The monoisotopic (exact) mass is 144 g/mol. The van der Waals surface area contributed by atoms with Crippen molar-refractivity contribution in [2.45, 2.75) is 6.10 Å². The number of hydrogen-bond acceptors (Lipinski definition) is 3. The lowest BCUT2D eigenvalue weighted by molar-refractivity contribution is 0.129. The van der Waals surface area contributed by atoms with Crippen molar-refractivity contribution >= 4 is 0 Å². The Kier molecular flexibility index (Phi) is 2.65. The molecular formula is C7H16N2O. The first-order chi connectivity index (χ1) is 4.70. The summed E-state index contributed by atoms with van der Waals surface area (Å²) < 4.78 is 0. The van der Waals surface area contributed by atoms with Gasteiger partial charge in [0.1, 0.15) is 0 Å². The average molecular weight is 144 g/mol. The van der Waals surface area contributed by atoms with Crippen molar-refractivity contribution in [2.75, 3.05) is 33.7 Å². The van der Waals surface area contributed by atoms with Gasteiger partial charge < -0.3 is 15.3 Å². The van der Waals surface area contributed by atoms with E-state index in [0.29, 0.717) is 5.92 Å². The van der Waals surface area contributed by atoms with Gasteiger partial charge in [0.25, 0.3) is 0 Å². The van der Waals surface area contributed by atoms with E-state index in [1.54, 1.807) is 0 Å². The molecule has 1 aliphatic rings. The summed E-state index contributed by atoms with van der Waals surface area (Å²) in [5.41, 5.74) is 0. The first-order valence-corrected chi connectivity index (χ1v) is 3.73. The molecule has 10 heavy (non-hydrogen) atoms. The van der Waals surface area contributed by atoms with Crippen molar-refractivity contribution in [2.24, 2.45) is 5.92 Å². The summed E-state index contributed by atoms with van der Waals surface area (Å²) >= 11 is 0. The lowest BCUT2D eigenvalue weighted by Gasteiger charge is -2.17. The van der Waals surface area contributed by atoms with Gasteiger partial charge in [-0.3, -0.25) is 0 Å². The first kappa shape index (κ1) is 7.98. The Morgan fingerprint density at radius 3 is 2.60 bits per heavy atom. The minimum Gasteiger partial charge on any atom is -0.391 e. The van der Waals surface area contributed by atoms with Crippen LogP contribution in [0.1, 0.15) is 0 Å². The fraction of sp³-hybridized carbons (Fsp3) is 1.00. The number of hydrogen-bond donors (Lipinski definition) is 2. The van der Waals surface area contributed by atoms with E-state index in [-0.39, 0.29) is 6.10 Å². The van der Waals surface area contributed by atoms with E-state index in [4.69, 9.17) is 0 Å². The zero-order chi connectivity index (χ0) is 7.56. The summed E-state index contributed by atoms with van der Waals surface area (Å²) in [5.74, 6) is 0.426. The second-order valence-corrected chi connectivity index (χ2v) is 3.25.